The van der Waals surface area contributed by atoms with Crippen LogP contribution in [0.2, 0.25) is 0 Å². The molecule has 6 N–H and O–H groups in total. The molecule has 0 rings (SSSR count). The van der Waals surface area contributed by atoms with E-state index in [0.717, 1.165) is 13.1 Å². The van der Waals surface area contributed by atoms with Crippen molar-refractivity contribution in [2.24, 2.45) is 21.5 Å². The van der Waals surface area contributed by atoms with E-state index in [2.05, 4.69) is 48.3 Å². The monoisotopic (exact) mass is 256 g/mol. The topological polar surface area (TPSA) is 101 Å². The van der Waals surface area contributed by atoms with E-state index in [1.165, 1.54) is 0 Å². The standard InChI is InChI=1S/C12H28N6/c1-9(2)15-5-7-17-11(13)12(14)18-8-6-16-10(3)4/h9-10,15-16H,5-8H2,1-4H3,(H2,13,17)(H2,14,18). The van der Waals surface area contributed by atoms with E-state index in [0.29, 0.717) is 36.8 Å². The molecule has 0 fully saturated rings. The van der Waals surface area contributed by atoms with Gasteiger partial charge in [0.15, 0.2) is 11.7 Å². The number of nitrogens with two attached hydrogens (primary N) is 2. The maximum absolute atomic E-state index is 5.72. The Balaban J connectivity index is 3.88. The summed E-state index contributed by atoms with van der Waals surface area (Å²) >= 11 is 0. The predicted molar refractivity (Wildman–Crippen MR) is 79.3 cm³/mol. The van der Waals surface area contributed by atoms with Crippen molar-refractivity contribution < 1.29 is 0 Å². The molecular formula is C12H28N6. The summed E-state index contributed by atoms with van der Waals surface area (Å²) < 4.78 is 0. The fraction of sp³-hybridized carbons (Fsp3) is 0.833. The summed E-state index contributed by atoms with van der Waals surface area (Å²) in [6.07, 6.45) is 0. The second-order valence-corrected chi connectivity index (χ2v) is 4.75. The van der Waals surface area contributed by atoms with Gasteiger partial charge in [-0.3, -0.25) is 9.98 Å². The number of hydrogen-bond acceptors (Lipinski definition) is 4. The number of rotatable bonds is 8. The van der Waals surface area contributed by atoms with Crippen molar-refractivity contribution in [1.82, 2.24) is 10.6 Å². The molecule has 0 aliphatic heterocycles. The lowest BCUT2D eigenvalue weighted by Gasteiger charge is -2.07. The summed E-state index contributed by atoms with van der Waals surface area (Å²) in [7, 11) is 0. The Morgan fingerprint density at radius 3 is 1.44 bits per heavy atom. The Hall–Kier alpha value is -1.14. The van der Waals surface area contributed by atoms with Crippen molar-refractivity contribution in [3.05, 3.63) is 0 Å². The molecule has 0 amide bonds. The van der Waals surface area contributed by atoms with Gasteiger partial charge in [0, 0.05) is 25.2 Å². The first-order valence-corrected chi connectivity index (χ1v) is 6.50. The molecule has 0 spiro atoms. The predicted octanol–water partition coefficient (Wildman–Crippen LogP) is -0.303. The normalized spacial score (nSPS) is 13.7. The average Bonchev–Trinajstić information content (AvgIpc) is 2.29. The van der Waals surface area contributed by atoms with E-state index in [-0.39, 0.29) is 0 Å². The molecule has 18 heavy (non-hydrogen) atoms. The van der Waals surface area contributed by atoms with Crippen molar-refractivity contribution in [2.45, 2.75) is 39.8 Å². The molecule has 0 aromatic carbocycles. The Morgan fingerprint density at radius 1 is 0.833 bits per heavy atom. The van der Waals surface area contributed by atoms with Gasteiger partial charge in [-0.05, 0) is 0 Å². The minimum absolute atomic E-state index is 0.324. The molecule has 0 saturated heterocycles. The van der Waals surface area contributed by atoms with Crippen LogP contribution < -0.4 is 22.1 Å². The van der Waals surface area contributed by atoms with Crippen molar-refractivity contribution in [1.29, 1.82) is 0 Å². The molecule has 0 heterocycles. The van der Waals surface area contributed by atoms with E-state index >= 15 is 0 Å². The summed E-state index contributed by atoms with van der Waals surface area (Å²) in [5.41, 5.74) is 11.4. The molecule has 0 aromatic rings. The van der Waals surface area contributed by atoms with Crippen molar-refractivity contribution in [3.8, 4) is 0 Å². The fourth-order valence-electron chi connectivity index (χ4n) is 1.22. The molecular weight excluding hydrogens is 228 g/mol. The molecule has 0 aromatic heterocycles. The van der Waals surface area contributed by atoms with Crippen LogP contribution in [0.15, 0.2) is 9.98 Å². The first-order valence-electron chi connectivity index (χ1n) is 6.50. The van der Waals surface area contributed by atoms with E-state index in [9.17, 15) is 0 Å². The molecule has 0 atom stereocenters. The van der Waals surface area contributed by atoms with Crippen LogP contribution in [-0.4, -0.2) is 49.9 Å². The van der Waals surface area contributed by atoms with E-state index in [1.54, 1.807) is 0 Å². The summed E-state index contributed by atoms with van der Waals surface area (Å²) in [6, 6.07) is 0.907. The molecule has 0 radical (unpaired) electrons. The van der Waals surface area contributed by atoms with E-state index < -0.39 is 0 Å². The number of nitrogens with one attached hydrogen (secondary N) is 2. The number of hydrogen-bond donors (Lipinski definition) is 4. The van der Waals surface area contributed by atoms with Gasteiger partial charge >= 0.3 is 0 Å². The quantitative estimate of drug-likeness (QED) is 0.272. The van der Waals surface area contributed by atoms with Crippen LogP contribution >= 0.6 is 0 Å². The summed E-state index contributed by atoms with van der Waals surface area (Å²) in [4.78, 5) is 8.33. The van der Waals surface area contributed by atoms with Crippen LogP contribution in [0.1, 0.15) is 27.7 Å². The van der Waals surface area contributed by atoms with Gasteiger partial charge in [0.1, 0.15) is 0 Å². The van der Waals surface area contributed by atoms with E-state index in [4.69, 9.17) is 11.5 Å². The van der Waals surface area contributed by atoms with Gasteiger partial charge in [-0.1, -0.05) is 27.7 Å². The third-order valence-electron chi connectivity index (χ3n) is 2.16. The third-order valence-corrected chi connectivity index (χ3v) is 2.16. The van der Waals surface area contributed by atoms with Crippen LogP contribution in [0.5, 0.6) is 0 Å². The maximum atomic E-state index is 5.72. The highest BCUT2D eigenvalue weighted by atomic mass is 15.0. The lowest BCUT2D eigenvalue weighted by atomic mass is 10.4. The summed E-state index contributed by atoms with van der Waals surface area (Å²) in [5.74, 6) is 0.648. The molecule has 0 aliphatic rings. The van der Waals surface area contributed by atoms with Gasteiger partial charge < -0.3 is 22.1 Å². The number of nitrogens with zero attached hydrogens (tertiary/aromatic N) is 2. The molecule has 0 aliphatic carbocycles. The smallest absolute Gasteiger partial charge is 0.161 e. The zero-order valence-corrected chi connectivity index (χ0v) is 12.0. The molecule has 0 unspecified atom stereocenters. The largest absolute Gasteiger partial charge is 0.381 e. The lowest BCUT2D eigenvalue weighted by molar-refractivity contribution is 0.595. The Morgan fingerprint density at radius 2 is 1.17 bits per heavy atom. The lowest BCUT2D eigenvalue weighted by Crippen LogP contribution is -2.34. The maximum Gasteiger partial charge on any atom is 0.161 e. The zero-order chi connectivity index (χ0) is 14.0. The van der Waals surface area contributed by atoms with Crippen LogP contribution in [-0.2, 0) is 0 Å². The zero-order valence-electron chi connectivity index (χ0n) is 12.0. The first kappa shape index (κ1) is 16.9. The van der Waals surface area contributed by atoms with Gasteiger partial charge in [-0.25, -0.2) is 0 Å². The third kappa shape index (κ3) is 10.0. The highest BCUT2D eigenvalue weighted by Gasteiger charge is 1.98. The second kappa shape index (κ2) is 9.85. The second-order valence-electron chi connectivity index (χ2n) is 4.75. The van der Waals surface area contributed by atoms with Gasteiger partial charge in [-0.2, -0.15) is 0 Å². The summed E-state index contributed by atoms with van der Waals surface area (Å²) in [6.45, 7) is 11.2. The molecule has 0 saturated carbocycles. The molecule has 6 nitrogen and oxygen atoms in total. The SMILES string of the molecule is CC(C)NCCN=C(N)C(N)=NCCNC(C)C. The van der Waals surface area contributed by atoms with Gasteiger partial charge in [0.2, 0.25) is 0 Å². The van der Waals surface area contributed by atoms with Gasteiger partial charge in [0.25, 0.3) is 0 Å². The van der Waals surface area contributed by atoms with Crippen molar-refractivity contribution >= 4 is 11.7 Å². The molecule has 106 valence electrons. The highest BCUT2D eigenvalue weighted by molar-refractivity contribution is 6.39. The average molecular weight is 256 g/mol. The molecule has 6 heteroatoms. The first-order chi connectivity index (χ1) is 8.43. The Kier molecular flexibility index (Phi) is 9.22. The number of amidine groups is 2. The number of aliphatic imine (C=N–C) groups is 2. The van der Waals surface area contributed by atoms with Gasteiger partial charge in [0.05, 0.1) is 13.1 Å². The van der Waals surface area contributed by atoms with Crippen LogP contribution in [0, 0.1) is 0 Å². The fourth-order valence-corrected chi connectivity index (χ4v) is 1.22. The Bertz CT molecular complexity index is 242. The van der Waals surface area contributed by atoms with Crippen molar-refractivity contribution in [2.75, 3.05) is 26.2 Å². The molecule has 0 bridgehead atoms. The van der Waals surface area contributed by atoms with Crippen LogP contribution in [0.25, 0.3) is 0 Å². The van der Waals surface area contributed by atoms with E-state index in [1.807, 2.05) is 0 Å². The highest BCUT2D eigenvalue weighted by Crippen LogP contribution is 1.80. The minimum atomic E-state index is 0.324. The van der Waals surface area contributed by atoms with Crippen LogP contribution in [0.3, 0.4) is 0 Å². The Labute approximate surface area is 110 Å². The van der Waals surface area contributed by atoms with Crippen molar-refractivity contribution in [3.63, 3.8) is 0 Å². The summed E-state index contributed by atoms with van der Waals surface area (Å²) in [5, 5.41) is 6.50. The van der Waals surface area contributed by atoms with Gasteiger partial charge in [-0.15, -0.1) is 0 Å². The minimum Gasteiger partial charge on any atom is -0.381 e. The van der Waals surface area contributed by atoms with Crippen LogP contribution in [0.4, 0.5) is 0 Å².